The van der Waals surface area contributed by atoms with Gasteiger partial charge in [-0.05, 0) is 26.8 Å². The standard InChI is InChI=1S/C15H30N4O/c1-4-7-17-10-12-18(13-11-17)14(20)15(2,3)19-8-5-16-6-9-19/h16H,4-13H2,1-3H3. The van der Waals surface area contributed by atoms with Crippen LogP contribution in [0.15, 0.2) is 0 Å². The summed E-state index contributed by atoms with van der Waals surface area (Å²) in [5.41, 5.74) is -0.366. The van der Waals surface area contributed by atoms with Crippen LogP contribution in [-0.2, 0) is 4.79 Å². The van der Waals surface area contributed by atoms with Gasteiger partial charge in [0.2, 0.25) is 5.91 Å². The van der Waals surface area contributed by atoms with E-state index in [1.54, 1.807) is 0 Å². The zero-order valence-corrected chi connectivity index (χ0v) is 13.3. The van der Waals surface area contributed by atoms with Crippen LogP contribution in [0.25, 0.3) is 0 Å². The Kier molecular flexibility index (Phi) is 5.41. The Morgan fingerprint density at radius 1 is 1.05 bits per heavy atom. The number of hydrogen-bond donors (Lipinski definition) is 1. The van der Waals surface area contributed by atoms with Crippen LogP contribution in [0.2, 0.25) is 0 Å². The molecule has 0 unspecified atom stereocenters. The summed E-state index contributed by atoms with van der Waals surface area (Å²) >= 11 is 0. The average Bonchev–Trinajstić information content (AvgIpc) is 2.48. The Bertz CT molecular complexity index is 318. The topological polar surface area (TPSA) is 38.8 Å². The molecule has 0 spiro atoms. The van der Waals surface area contributed by atoms with Crippen LogP contribution >= 0.6 is 0 Å². The molecule has 116 valence electrons. The largest absolute Gasteiger partial charge is 0.339 e. The lowest BCUT2D eigenvalue weighted by Crippen LogP contribution is -2.62. The summed E-state index contributed by atoms with van der Waals surface area (Å²) in [7, 11) is 0. The van der Waals surface area contributed by atoms with Crippen LogP contribution in [0.4, 0.5) is 0 Å². The zero-order valence-electron chi connectivity index (χ0n) is 13.3. The molecule has 1 N–H and O–H groups in total. The fourth-order valence-corrected chi connectivity index (χ4v) is 3.24. The number of hydrogen-bond acceptors (Lipinski definition) is 4. The first-order valence-corrected chi connectivity index (χ1v) is 8.03. The summed E-state index contributed by atoms with van der Waals surface area (Å²) in [4.78, 5) is 19.7. The molecule has 2 aliphatic heterocycles. The normalized spacial score (nSPS) is 23.1. The Labute approximate surface area is 123 Å². The van der Waals surface area contributed by atoms with Gasteiger partial charge in [0.1, 0.15) is 0 Å². The van der Waals surface area contributed by atoms with E-state index in [2.05, 4.69) is 40.8 Å². The van der Waals surface area contributed by atoms with Gasteiger partial charge < -0.3 is 10.2 Å². The molecule has 2 fully saturated rings. The quantitative estimate of drug-likeness (QED) is 0.801. The van der Waals surface area contributed by atoms with Crippen molar-refractivity contribution in [2.45, 2.75) is 32.7 Å². The third kappa shape index (κ3) is 3.51. The summed E-state index contributed by atoms with van der Waals surface area (Å²) in [5, 5.41) is 3.35. The van der Waals surface area contributed by atoms with Gasteiger partial charge in [0.25, 0.3) is 0 Å². The zero-order chi connectivity index (χ0) is 14.6. The van der Waals surface area contributed by atoms with Crippen molar-refractivity contribution >= 4 is 5.91 Å². The van der Waals surface area contributed by atoms with Gasteiger partial charge in [-0.2, -0.15) is 0 Å². The smallest absolute Gasteiger partial charge is 0.242 e. The van der Waals surface area contributed by atoms with Crippen molar-refractivity contribution in [3.8, 4) is 0 Å². The Hall–Kier alpha value is -0.650. The molecule has 0 aromatic carbocycles. The fourth-order valence-electron chi connectivity index (χ4n) is 3.24. The Balaban J connectivity index is 1.90. The molecule has 5 heteroatoms. The van der Waals surface area contributed by atoms with Crippen LogP contribution in [-0.4, -0.2) is 85.0 Å². The maximum absolute atomic E-state index is 12.8. The molecular formula is C15H30N4O. The molecule has 2 saturated heterocycles. The number of nitrogens with zero attached hydrogens (tertiary/aromatic N) is 3. The predicted octanol–water partition coefficient (Wildman–Crippen LogP) is 0.224. The van der Waals surface area contributed by atoms with E-state index >= 15 is 0 Å². The van der Waals surface area contributed by atoms with Crippen LogP contribution in [0.3, 0.4) is 0 Å². The highest BCUT2D eigenvalue weighted by molar-refractivity contribution is 5.85. The highest BCUT2D eigenvalue weighted by atomic mass is 16.2. The van der Waals surface area contributed by atoms with E-state index in [0.717, 1.165) is 58.9 Å². The third-order valence-electron chi connectivity index (χ3n) is 4.63. The predicted molar refractivity (Wildman–Crippen MR) is 81.8 cm³/mol. The van der Waals surface area contributed by atoms with Gasteiger partial charge in [0.15, 0.2) is 0 Å². The Morgan fingerprint density at radius 2 is 1.65 bits per heavy atom. The van der Waals surface area contributed by atoms with Crippen molar-refractivity contribution in [3.05, 3.63) is 0 Å². The minimum Gasteiger partial charge on any atom is -0.339 e. The van der Waals surface area contributed by atoms with Crippen LogP contribution in [0.5, 0.6) is 0 Å². The number of amides is 1. The first kappa shape index (κ1) is 15.7. The maximum atomic E-state index is 12.8. The van der Waals surface area contributed by atoms with E-state index in [9.17, 15) is 4.79 Å². The number of nitrogens with one attached hydrogen (secondary N) is 1. The molecule has 0 saturated carbocycles. The van der Waals surface area contributed by atoms with E-state index in [0.29, 0.717) is 5.91 Å². The van der Waals surface area contributed by atoms with Crippen molar-refractivity contribution in [1.29, 1.82) is 0 Å². The molecule has 5 nitrogen and oxygen atoms in total. The maximum Gasteiger partial charge on any atom is 0.242 e. The molecular weight excluding hydrogens is 252 g/mol. The molecule has 2 rings (SSSR count). The molecule has 1 amide bonds. The van der Waals surface area contributed by atoms with Crippen molar-refractivity contribution in [3.63, 3.8) is 0 Å². The molecule has 0 radical (unpaired) electrons. The summed E-state index contributed by atoms with van der Waals surface area (Å²) in [6, 6.07) is 0. The SMILES string of the molecule is CCCN1CCN(C(=O)C(C)(C)N2CCNCC2)CC1. The van der Waals surface area contributed by atoms with Crippen molar-refractivity contribution in [2.75, 3.05) is 58.9 Å². The lowest BCUT2D eigenvalue weighted by molar-refractivity contribution is -0.145. The summed E-state index contributed by atoms with van der Waals surface area (Å²) in [5.74, 6) is 0.301. The highest BCUT2D eigenvalue weighted by Crippen LogP contribution is 2.19. The van der Waals surface area contributed by atoms with Gasteiger partial charge >= 0.3 is 0 Å². The lowest BCUT2D eigenvalue weighted by Gasteiger charge is -2.44. The van der Waals surface area contributed by atoms with Gasteiger partial charge in [-0.1, -0.05) is 6.92 Å². The molecule has 2 heterocycles. The molecule has 0 aromatic heterocycles. The number of rotatable bonds is 4. The van der Waals surface area contributed by atoms with Gasteiger partial charge in [-0.25, -0.2) is 0 Å². The first-order valence-electron chi connectivity index (χ1n) is 8.03. The van der Waals surface area contributed by atoms with E-state index in [1.807, 2.05) is 0 Å². The minimum atomic E-state index is -0.366. The monoisotopic (exact) mass is 282 g/mol. The molecule has 20 heavy (non-hydrogen) atoms. The first-order chi connectivity index (χ1) is 9.55. The molecule has 0 aromatic rings. The van der Waals surface area contributed by atoms with Crippen LogP contribution in [0, 0.1) is 0 Å². The summed E-state index contributed by atoms with van der Waals surface area (Å²) in [6.45, 7) is 15.3. The molecule has 0 bridgehead atoms. The van der Waals surface area contributed by atoms with E-state index in [1.165, 1.54) is 6.42 Å². The minimum absolute atomic E-state index is 0.301. The van der Waals surface area contributed by atoms with E-state index in [-0.39, 0.29) is 5.54 Å². The van der Waals surface area contributed by atoms with Crippen LogP contribution in [0.1, 0.15) is 27.2 Å². The Morgan fingerprint density at radius 3 is 2.20 bits per heavy atom. The number of carbonyl (C=O) groups excluding carboxylic acids is 1. The van der Waals surface area contributed by atoms with E-state index < -0.39 is 0 Å². The summed E-state index contributed by atoms with van der Waals surface area (Å²) in [6.07, 6.45) is 1.19. The molecule has 0 atom stereocenters. The number of piperazine rings is 2. The van der Waals surface area contributed by atoms with Gasteiger partial charge in [-0.15, -0.1) is 0 Å². The third-order valence-corrected chi connectivity index (χ3v) is 4.63. The second-order valence-electron chi connectivity index (χ2n) is 6.43. The van der Waals surface area contributed by atoms with Crippen molar-refractivity contribution < 1.29 is 4.79 Å². The highest BCUT2D eigenvalue weighted by Gasteiger charge is 2.38. The van der Waals surface area contributed by atoms with Crippen molar-refractivity contribution in [2.24, 2.45) is 0 Å². The van der Waals surface area contributed by atoms with Gasteiger partial charge in [0.05, 0.1) is 5.54 Å². The van der Waals surface area contributed by atoms with Crippen LogP contribution < -0.4 is 5.32 Å². The lowest BCUT2D eigenvalue weighted by atomic mass is 9.99. The molecule has 0 aliphatic carbocycles. The number of carbonyl (C=O) groups is 1. The second-order valence-corrected chi connectivity index (χ2v) is 6.43. The fraction of sp³-hybridized carbons (Fsp3) is 0.933. The van der Waals surface area contributed by atoms with E-state index in [4.69, 9.17) is 0 Å². The molecule has 2 aliphatic rings. The average molecular weight is 282 g/mol. The second kappa shape index (κ2) is 6.87. The van der Waals surface area contributed by atoms with Gasteiger partial charge in [0, 0.05) is 52.4 Å². The summed E-state index contributed by atoms with van der Waals surface area (Å²) < 4.78 is 0. The van der Waals surface area contributed by atoms with Gasteiger partial charge in [-0.3, -0.25) is 14.6 Å². The van der Waals surface area contributed by atoms with Crippen molar-refractivity contribution in [1.82, 2.24) is 20.0 Å².